The lowest BCUT2D eigenvalue weighted by Crippen LogP contribution is -2.22. The van der Waals surface area contributed by atoms with Crippen LogP contribution in [0.2, 0.25) is 5.02 Å². The highest BCUT2D eigenvalue weighted by Gasteiger charge is 2.20. The number of tetrazole rings is 1. The quantitative estimate of drug-likeness (QED) is 0.794. The standard InChI is InChI=1S/C14H18ClN5S/c1-10-2-3-11(13(15)8-10)9-21-14-17-18-19-20(14)7-6-16-12-4-5-12/h2-3,8,12,16H,4-7,9H2,1H3. The van der Waals surface area contributed by atoms with Crippen molar-refractivity contribution >= 4 is 23.4 Å². The molecule has 1 aromatic carbocycles. The molecule has 1 saturated carbocycles. The van der Waals surface area contributed by atoms with Crippen molar-refractivity contribution in [2.45, 2.75) is 43.3 Å². The number of rotatable bonds is 7. The van der Waals surface area contributed by atoms with Gasteiger partial charge < -0.3 is 5.32 Å². The van der Waals surface area contributed by atoms with E-state index in [1.165, 1.54) is 18.4 Å². The molecule has 5 nitrogen and oxygen atoms in total. The summed E-state index contributed by atoms with van der Waals surface area (Å²) in [6, 6.07) is 6.83. The molecule has 0 bridgehead atoms. The Balaban J connectivity index is 1.55. The van der Waals surface area contributed by atoms with E-state index in [2.05, 4.69) is 33.0 Å². The highest BCUT2D eigenvalue weighted by molar-refractivity contribution is 7.98. The molecule has 2 aromatic rings. The second-order valence-corrected chi connectivity index (χ2v) is 6.65. The average molecular weight is 324 g/mol. The molecule has 21 heavy (non-hydrogen) atoms. The molecule has 1 aliphatic carbocycles. The Labute approximate surface area is 133 Å². The number of thioether (sulfide) groups is 1. The lowest BCUT2D eigenvalue weighted by molar-refractivity contribution is 0.509. The van der Waals surface area contributed by atoms with Gasteiger partial charge in [-0.1, -0.05) is 35.5 Å². The van der Waals surface area contributed by atoms with Gasteiger partial charge in [-0.3, -0.25) is 0 Å². The van der Waals surface area contributed by atoms with Crippen LogP contribution in [0.25, 0.3) is 0 Å². The van der Waals surface area contributed by atoms with Gasteiger partial charge in [0.2, 0.25) is 5.16 Å². The van der Waals surface area contributed by atoms with Gasteiger partial charge in [0.1, 0.15) is 0 Å². The molecule has 112 valence electrons. The number of nitrogens with one attached hydrogen (secondary N) is 1. The van der Waals surface area contributed by atoms with Crippen LogP contribution in [0.4, 0.5) is 0 Å². The molecule has 0 amide bonds. The van der Waals surface area contributed by atoms with Crippen LogP contribution in [-0.2, 0) is 12.3 Å². The van der Waals surface area contributed by atoms with E-state index in [-0.39, 0.29) is 0 Å². The summed E-state index contributed by atoms with van der Waals surface area (Å²) in [5.41, 5.74) is 2.28. The number of halogens is 1. The number of aryl methyl sites for hydroxylation is 1. The molecule has 0 unspecified atom stereocenters. The molecule has 1 fully saturated rings. The highest BCUT2D eigenvalue weighted by atomic mass is 35.5. The minimum Gasteiger partial charge on any atom is -0.312 e. The maximum absolute atomic E-state index is 6.25. The molecule has 1 aromatic heterocycles. The molecule has 0 atom stereocenters. The number of benzene rings is 1. The fourth-order valence-corrected chi connectivity index (χ4v) is 3.30. The van der Waals surface area contributed by atoms with Crippen molar-refractivity contribution in [1.29, 1.82) is 0 Å². The lowest BCUT2D eigenvalue weighted by atomic mass is 10.2. The van der Waals surface area contributed by atoms with Gasteiger partial charge in [-0.15, -0.1) is 5.10 Å². The normalized spacial score (nSPS) is 14.6. The molecule has 0 spiro atoms. The maximum atomic E-state index is 6.25. The topological polar surface area (TPSA) is 55.6 Å². The number of nitrogens with zero attached hydrogens (tertiary/aromatic N) is 4. The molecule has 0 saturated heterocycles. The minimum atomic E-state index is 0.712. The SMILES string of the molecule is Cc1ccc(CSc2nnnn2CCNC2CC2)c(Cl)c1. The van der Waals surface area contributed by atoms with Crippen LogP contribution in [0.5, 0.6) is 0 Å². The van der Waals surface area contributed by atoms with E-state index >= 15 is 0 Å². The van der Waals surface area contributed by atoms with Crippen LogP contribution in [0.3, 0.4) is 0 Å². The van der Waals surface area contributed by atoms with Crippen molar-refractivity contribution in [3.8, 4) is 0 Å². The summed E-state index contributed by atoms with van der Waals surface area (Å²) in [5, 5.41) is 17.0. The number of hydrogen-bond donors (Lipinski definition) is 1. The first-order valence-electron chi connectivity index (χ1n) is 7.10. The zero-order chi connectivity index (χ0) is 14.7. The Bertz CT molecular complexity index is 611. The van der Waals surface area contributed by atoms with Gasteiger partial charge >= 0.3 is 0 Å². The first kappa shape index (κ1) is 14.8. The highest BCUT2D eigenvalue weighted by Crippen LogP contribution is 2.26. The Morgan fingerprint density at radius 1 is 1.43 bits per heavy atom. The van der Waals surface area contributed by atoms with Crippen LogP contribution in [0.1, 0.15) is 24.0 Å². The Morgan fingerprint density at radius 2 is 2.29 bits per heavy atom. The summed E-state index contributed by atoms with van der Waals surface area (Å²) in [6.45, 7) is 3.75. The first-order chi connectivity index (χ1) is 10.2. The van der Waals surface area contributed by atoms with Crippen LogP contribution in [0, 0.1) is 6.92 Å². The maximum Gasteiger partial charge on any atom is 0.209 e. The van der Waals surface area contributed by atoms with Crippen molar-refractivity contribution in [1.82, 2.24) is 25.5 Å². The predicted molar refractivity (Wildman–Crippen MR) is 84.6 cm³/mol. The monoisotopic (exact) mass is 323 g/mol. The van der Waals surface area contributed by atoms with E-state index in [0.717, 1.165) is 34.6 Å². The van der Waals surface area contributed by atoms with E-state index in [0.29, 0.717) is 6.04 Å². The van der Waals surface area contributed by atoms with E-state index in [1.807, 2.05) is 17.7 Å². The van der Waals surface area contributed by atoms with Crippen molar-refractivity contribution in [2.75, 3.05) is 6.54 Å². The summed E-state index contributed by atoms with van der Waals surface area (Å²) < 4.78 is 1.85. The van der Waals surface area contributed by atoms with E-state index in [1.54, 1.807) is 11.8 Å². The Morgan fingerprint density at radius 3 is 3.05 bits per heavy atom. The van der Waals surface area contributed by atoms with E-state index < -0.39 is 0 Å². The fourth-order valence-electron chi connectivity index (χ4n) is 2.01. The van der Waals surface area contributed by atoms with E-state index in [4.69, 9.17) is 11.6 Å². The summed E-state index contributed by atoms with van der Waals surface area (Å²) in [5.74, 6) is 0.773. The van der Waals surface area contributed by atoms with Gasteiger partial charge in [-0.05, 0) is 47.4 Å². The molecule has 7 heteroatoms. The summed E-state index contributed by atoms with van der Waals surface area (Å²) in [4.78, 5) is 0. The first-order valence-corrected chi connectivity index (χ1v) is 8.46. The van der Waals surface area contributed by atoms with Gasteiger partial charge in [0.15, 0.2) is 0 Å². The van der Waals surface area contributed by atoms with Gasteiger partial charge in [0.05, 0.1) is 6.54 Å². The minimum absolute atomic E-state index is 0.712. The molecular formula is C14H18ClN5S. The summed E-state index contributed by atoms with van der Waals surface area (Å²) in [6.07, 6.45) is 2.59. The fraction of sp³-hybridized carbons (Fsp3) is 0.500. The van der Waals surface area contributed by atoms with Crippen LogP contribution in [-0.4, -0.2) is 32.8 Å². The molecule has 1 heterocycles. The van der Waals surface area contributed by atoms with E-state index in [9.17, 15) is 0 Å². The summed E-state index contributed by atoms with van der Waals surface area (Å²) in [7, 11) is 0. The van der Waals surface area contributed by atoms with Gasteiger partial charge in [-0.2, -0.15) is 0 Å². The Hall–Kier alpha value is -1.11. The second kappa shape index (κ2) is 6.77. The van der Waals surface area contributed by atoms with Crippen molar-refractivity contribution < 1.29 is 0 Å². The van der Waals surface area contributed by atoms with Gasteiger partial charge in [0, 0.05) is 23.4 Å². The molecule has 3 rings (SSSR count). The zero-order valence-corrected chi connectivity index (χ0v) is 13.5. The summed E-state index contributed by atoms with van der Waals surface area (Å²) >= 11 is 7.87. The third-order valence-electron chi connectivity index (χ3n) is 3.40. The lowest BCUT2D eigenvalue weighted by Gasteiger charge is -2.06. The largest absolute Gasteiger partial charge is 0.312 e. The van der Waals surface area contributed by atoms with Crippen molar-refractivity contribution in [2.24, 2.45) is 0 Å². The van der Waals surface area contributed by atoms with Crippen molar-refractivity contribution in [3.05, 3.63) is 34.3 Å². The number of aromatic nitrogens is 4. The van der Waals surface area contributed by atoms with Crippen molar-refractivity contribution in [3.63, 3.8) is 0 Å². The van der Waals surface area contributed by atoms with Crippen LogP contribution < -0.4 is 5.32 Å². The van der Waals surface area contributed by atoms with Crippen LogP contribution in [0.15, 0.2) is 23.4 Å². The molecular weight excluding hydrogens is 306 g/mol. The predicted octanol–water partition coefficient (Wildman–Crippen LogP) is 2.68. The third kappa shape index (κ3) is 4.18. The average Bonchev–Trinajstić information content (AvgIpc) is 3.17. The second-order valence-electron chi connectivity index (χ2n) is 5.30. The van der Waals surface area contributed by atoms with Gasteiger partial charge in [0.25, 0.3) is 0 Å². The van der Waals surface area contributed by atoms with Crippen LogP contribution >= 0.6 is 23.4 Å². The zero-order valence-electron chi connectivity index (χ0n) is 11.9. The van der Waals surface area contributed by atoms with Gasteiger partial charge in [-0.25, -0.2) is 4.68 Å². The number of hydrogen-bond acceptors (Lipinski definition) is 5. The third-order valence-corrected chi connectivity index (χ3v) is 4.76. The molecule has 0 radical (unpaired) electrons. The molecule has 1 aliphatic rings. The molecule has 0 aliphatic heterocycles. The molecule has 1 N–H and O–H groups in total. The smallest absolute Gasteiger partial charge is 0.209 e. The Kier molecular flexibility index (Phi) is 4.77.